The molecule has 0 amide bonds. The van der Waals surface area contributed by atoms with E-state index in [0.29, 0.717) is 12.1 Å². The highest BCUT2D eigenvalue weighted by molar-refractivity contribution is 5.42. The van der Waals surface area contributed by atoms with Gasteiger partial charge in [0.2, 0.25) is 0 Å². The van der Waals surface area contributed by atoms with E-state index < -0.39 is 0 Å². The topological polar surface area (TPSA) is 39.1 Å². The molecule has 0 unspecified atom stereocenters. The summed E-state index contributed by atoms with van der Waals surface area (Å²) in [6.45, 7) is 4.12. The number of benzene rings is 1. The van der Waals surface area contributed by atoms with Crippen molar-refractivity contribution in [2.45, 2.75) is 38.3 Å². The summed E-state index contributed by atoms with van der Waals surface area (Å²) in [7, 11) is 0. The van der Waals surface area contributed by atoms with Gasteiger partial charge in [0.25, 0.3) is 0 Å². The van der Waals surface area contributed by atoms with E-state index >= 15 is 0 Å². The first-order chi connectivity index (χ1) is 10.3. The maximum absolute atomic E-state index is 5.67. The largest absolute Gasteiger partial charge is 0.378 e. The Morgan fingerprint density at radius 2 is 2.29 bits per heavy atom. The molecule has 1 aromatic carbocycles. The zero-order valence-corrected chi connectivity index (χ0v) is 12.5. The third-order valence-corrected chi connectivity index (χ3v) is 4.10. The van der Waals surface area contributed by atoms with Crippen LogP contribution in [0.2, 0.25) is 0 Å². The standard InChI is InChI=1S/C17H23N3O/c1-14(18-11-9-15-6-4-13-21-15)16-7-2-3-8-17(16)20-12-5-10-19-20/h2-3,5,7-8,10,12,14-15,18H,4,6,9,11,13H2,1H3/t14-,15-/m0/s1. The number of nitrogens with one attached hydrogen (secondary N) is 1. The maximum atomic E-state index is 5.67. The molecule has 0 radical (unpaired) electrons. The molecule has 1 aliphatic heterocycles. The zero-order valence-electron chi connectivity index (χ0n) is 12.5. The summed E-state index contributed by atoms with van der Waals surface area (Å²) in [5.41, 5.74) is 2.41. The van der Waals surface area contributed by atoms with Gasteiger partial charge in [0.1, 0.15) is 0 Å². The number of aromatic nitrogens is 2. The molecular weight excluding hydrogens is 262 g/mol. The quantitative estimate of drug-likeness (QED) is 0.886. The number of para-hydroxylation sites is 1. The normalized spacial score (nSPS) is 19.8. The van der Waals surface area contributed by atoms with Gasteiger partial charge >= 0.3 is 0 Å². The molecule has 1 saturated heterocycles. The Kier molecular flexibility index (Phi) is 4.68. The number of rotatable bonds is 6. The van der Waals surface area contributed by atoms with Crippen molar-refractivity contribution in [3.05, 3.63) is 48.3 Å². The average Bonchev–Trinajstić information content (AvgIpc) is 3.20. The van der Waals surface area contributed by atoms with Crippen molar-refractivity contribution in [1.82, 2.24) is 15.1 Å². The molecule has 0 saturated carbocycles. The lowest BCUT2D eigenvalue weighted by Gasteiger charge is -2.19. The van der Waals surface area contributed by atoms with E-state index in [0.717, 1.165) is 25.3 Å². The number of nitrogens with zero attached hydrogens (tertiary/aromatic N) is 2. The van der Waals surface area contributed by atoms with Gasteiger partial charge in [-0.3, -0.25) is 0 Å². The molecule has 1 aromatic heterocycles. The van der Waals surface area contributed by atoms with Crippen LogP contribution in [0, 0.1) is 0 Å². The second-order valence-electron chi connectivity index (χ2n) is 5.61. The van der Waals surface area contributed by atoms with Crippen molar-refractivity contribution in [3.63, 3.8) is 0 Å². The molecule has 1 aliphatic rings. The first-order valence-corrected chi connectivity index (χ1v) is 7.78. The summed E-state index contributed by atoms with van der Waals surface area (Å²) in [5, 5.41) is 7.95. The van der Waals surface area contributed by atoms with E-state index in [1.807, 2.05) is 23.1 Å². The lowest BCUT2D eigenvalue weighted by atomic mass is 10.1. The van der Waals surface area contributed by atoms with Crippen LogP contribution in [-0.2, 0) is 4.74 Å². The highest BCUT2D eigenvalue weighted by Gasteiger charge is 2.16. The fourth-order valence-corrected chi connectivity index (χ4v) is 2.92. The molecule has 4 nitrogen and oxygen atoms in total. The minimum atomic E-state index is 0.298. The van der Waals surface area contributed by atoms with Gasteiger partial charge in [-0.1, -0.05) is 18.2 Å². The van der Waals surface area contributed by atoms with Gasteiger partial charge in [0.15, 0.2) is 0 Å². The molecule has 0 spiro atoms. The van der Waals surface area contributed by atoms with Crippen LogP contribution in [0.25, 0.3) is 5.69 Å². The Morgan fingerprint density at radius 1 is 1.38 bits per heavy atom. The summed E-state index contributed by atoms with van der Waals surface area (Å²) >= 11 is 0. The van der Waals surface area contributed by atoms with Gasteiger partial charge in [-0.05, 0) is 50.4 Å². The number of hydrogen-bond donors (Lipinski definition) is 1. The number of ether oxygens (including phenoxy) is 1. The van der Waals surface area contributed by atoms with Crippen LogP contribution in [0.15, 0.2) is 42.7 Å². The molecule has 0 aliphatic carbocycles. The van der Waals surface area contributed by atoms with Gasteiger partial charge in [-0.25, -0.2) is 4.68 Å². The highest BCUT2D eigenvalue weighted by Crippen LogP contribution is 2.21. The van der Waals surface area contributed by atoms with Crippen molar-refractivity contribution in [3.8, 4) is 5.69 Å². The smallest absolute Gasteiger partial charge is 0.0693 e. The maximum Gasteiger partial charge on any atom is 0.0693 e. The van der Waals surface area contributed by atoms with E-state index in [1.54, 1.807) is 0 Å². The highest BCUT2D eigenvalue weighted by atomic mass is 16.5. The molecule has 112 valence electrons. The summed E-state index contributed by atoms with van der Waals surface area (Å²) in [5.74, 6) is 0. The zero-order chi connectivity index (χ0) is 14.5. The fourth-order valence-electron chi connectivity index (χ4n) is 2.92. The first-order valence-electron chi connectivity index (χ1n) is 7.78. The Balaban J connectivity index is 1.62. The summed E-state index contributed by atoms with van der Waals surface area (Å²) in [4.78, 5) is 0. The van der Waals surface area contributed by atoms with Crippen LogP contribution in [0.3, 0.4) is 0 Å². The molecule has 4 heteroatoms. The molecule has 2 heterocycles. The summed E-state index contributed by atoms with van der Waals surface area (Å²) in [6.07, 6.45) is 7.76. The second-order valence-corrected chi connectivity index (χ2v) is 5.61. The molecule has 3 rings (SSSR count). The third-order valence-electron chi connectivity index (χ3n) is 4.10. The van der Waals surface area contributed by atoms with Crippen LogP contribution >= 0.6 is 0 Å². The van der Waals surface area contributed by atoms with Gasteiger partial charge in [-0.15, -0.1) is 0 Å². The van der Waals surface area contributed by atoms with E-state index in [1.165, 1.54) is 18.4 Å². The van der Waals surface area contributed by atoms with Gasteiger partial charge in [-0.2, -0.15) is 5.10 Å². The average molecular weight is 285 g/mol. The van der Waals surface area contributed by atoms with E-state index in [9.17, 15) is 0 Å². The summed E-state index contributed by atoms with van der Waals surface area (Å²) < 4.78 is 7.59. The first kappa shape index (κ1) is 14.3. The Bertz CT molecular complexity index is 547. The Labute approximate surface area is 126 Å². The van der Waals surface area contributed by atoms with Crippen LogP contribution in [0.4, 0.5) is 0 Å². The minimum Gasteiger partial charge on any atom is -0.378 e. The van der Waals surface area contributed by atoms with Crippen molar-refractivity contribution in [2.75, 3.05) is 13.2 Å². The van der Waals surface area contributed by atoms with Crippen LogP contribution in [-0.4, -0.2) is 29.0 Å². The van der Waals surface area contributed by atoms with Gasteiger partial charge in [0.05, 0.1) is 11.8 Å². The SMILES string of the molecule is C[C@H](NCC[C@@H]1CCCO1)c1ccccc1-n1cccn1. The van der Waals surface area contributed by atoms with Crippen molar-refractivity contribution >= 4 is 0 Å². The summed E-state index contributed by atoms with van der Waals surface area (Å²) in [6, 6.07) is 10.7. The molecule has 1 fully saturated rings. The lowest BCUT2D eigenvalue weighted by molar-refractivity contribution is 0.103. The van der Waals surface area contributed by atoms with E-state index in [4.69, 9.17) is 4.74 Å². The third kappa shape index (κ3) is 3.52. The molecule has 2 atom stereocenters. The second kappa shape index (κ2) is 6.87. The predicted molar refractivity (Wildman–Crippen MR) is 83.6 cm³/mol. The molecule has 21 heavy (non-hydrogen) atoms. The fraction of sp³-hybridized carbons (Fsp3) is 0.471. The molecule has 0 bridgehead atoms. The van der Waals surface area contributed by atoms with Gasteiger partial charge in [0, 0.05) is 25.0 Å². The van der Waals surface area contributed by atoms with Crippen molar-refractivity contribution in [1.29, 1.82) is 0 Å². The Hall–Kier alpha value is -1.65. The minimum absolute atomic E-state index is 0.298. The molecule has 1 N–H and O–H groups in total. The van der Waals surface area contributed by atoms with Crippen LogP contribution in [0.5, 0.6) is 0 Å². The lowest BCUT2D eigenvalue weighted by Crippen LogP contribution is -2.24. The van der Waals surface area contributed by atoms with Gasteiger partial charge < -0.3 is 10.1 Å². The van der Waals surface area contributed by atoms with Crippen LogP contribution < -0.4 is 5.32 Å². The predicted octanol–water partition coefficient (Wildman–Crippen LogP) is 3.09. The van der Waals surface area contributed by atoms with Crippen molar-refractivity contribution < 1.29 is 4.74 Å². The van der Waals surface area contributed by atoms with Crippen LogP contribution in [0.1, 0.15) is 37.8 Å². The van der Waals surface area contributed by atoms with E-state index in [-0.39, 0.29) is 0 Å². The van der Waals surface area contributed by atoms with Crippen molar-refractivity contribution in [2.24, 2.45) is 0 Å². The number of hydrogen-bond acceptors (Lipinski definition) is 3. The molecular formula is C17H23N3O. The monoisotopic (exact) mass is 285 g/mol. The van der Waals surface area contributed by atoms with E-state index in [2.05, 4.69) is 41.6 Å². The molecule has 2 aromatic rings. The Morgan fingerprint density at radius 3 is 3.05 bits per heavy atom.